The molecular formula is C26H31N3O5. The van der Waals surface area contributed by atoms with Gasteiger partial charge in [0.1, 0.15) is 18.0 Å². The second-order valence-electron chi connectivity index (χ2n) is 9.02. The minimum absolute atomic E-state index is 0.241. The second kappa shape index (κ2) is 10.9. The largest absolute Gasteiger partial charge is 0.491 e. The van der Waals surface area contributed by atoms with Crippen molar-refractivity contribution in [2.75, 3.05) is 6.61 Å². The molecule has 1 heterocycles. The molecule has 0 saturated carbocycles. The lowest BCUT2D eigenvalue weighted by Gasteiger charge is -2.24. The van der Waals surface area contributed by atoms with Gasteiger partial charge in [-0.25, -0.2) is 10.3 Å². The number of carbonyl (C=O) groups excluding carboxylic acids is 2. The molecule has 34 heavy (non-hydrogen) atoms. The van der Waals surface area contributed by atoms with Crippen molar-refractivity contribution in [3.8, 4) is 5.75 Å². The van der Waals surface area contributed by atoms with Crippen molar-refractivity contribution in [2.24, 2.45) is 7.05 Å². The average molecular weight is 466 g/mol. The number of aryl methyl sites for hydroxylation is 1. The highest BCUT2D eigenvalue weighted by molar-refractivity contribution is 5.90. The zero-order valence-corrected chi connectivity index (χ0v) is 19.9. The number of nitrogens with zero attached hydrogens (tertiary/aromatic N) is 1. The minimum Gasteiger partial charge on any atom is -0.491 e. The SMILES string of the molecule is Cn1cc(C[C@@H](COc2ccc(/C=C/C(=O)NO)cc2)NC(=O)OC(C)(C)C)c2ccccc21. The first-order chi connectivity index (χ1) is 16.1. The maximum Gasteiger partial charge on any atom is 0.408 e. The van der Waals surface area contributed by atoms with Gasteiger partial charge in [0.2, 0.25) is 0 Å². The van der Waals surface area contributed by atoms with E-state index >= 15 is 0 Å². The molecule has 1 atom stereocenters. The van der Waals surface area contributed by atoms with E-state index in [2.05, 4.69) is 28.2 Å². The predicted octanol–water partition coefficient (Wildman–Crippen LogP) is 4.21. The molecule has 2 amide bonds. The summed E-state index contributed by atoms with van der Waals surface area (Å²) in [6, 6.07) is 14.9. The van der Waals surface area contributed by atoms with E-state index < -0.39 is 17.6 Å². The molecule has 3 rings (SSSR count). The maximum absolute atomic E-state index is 12.5. The van der Waals surface area contributed by atoms with Crippen molar-refractivity contribution in [1.29, 1.82) is 0 Å². The van der Waals surface area contributed by atoms with Crippen LogP contribution in [-0.2, 0) is 23.0 Å². The number of rotatable bonds is 8. The fourth-order valence-electron chi connectivity index (χ4n) is 3.56. The summed E-state index contributed by atoms with van der Waals surface area (Å²) in [6.07, 6.45) is 4.93. The van der Waals surface area contributed by atoms with Gasteiger partial charge in [0.15, 0.2) is 0 Å². The lowest BCUT2D eigenvalue weighted by Crippen LogP contribution is -2.43. The molecule has 0 spiro atoms. The Kier molecular flexibility index (Phi) is 7.96. The fourth-order valence-corrected chi connectivity index (χ4v) is 3.56. The normalized spacial score (nSPS) is 12.5. The number of nitrogens with one attached hydrogen (secondary N) is 2. The van der Waals surface area contributed by atoms with E-state index in [4.69, 9.17) is 14.7 Å². The molecule has 0 bridgehead atoms. The van der Waals surface area contributed by atoms with Crippen molar-refractivity contribution in [1.82, 2.24) is 15.4 Å². The topological polar surface area (TPSA) is 102 Å². The van der Waals surface area contributed by atoms with Crippen molar-refractivity contribution in [2.45, 2.75) is 38.8 Å². The first-order valence-electron chi connectivity index (χ1n) is 11.0. The van der Waals surface area contributed by atoms with E-state index in [-0.39, 0.29) is 12.6 Å². The molecule has 0 aliphatic rings. The van der Waals surface area contributed by atoms with Crippen molar-refractivity contribution in [3.63, 3.8) is 0 Å². The van der Waals surface area contributed by atoms with Gasteiger partial charge in [-0.2, -0.15) is 0 Å². The Morgan fingerprint density at radius 2 is 1.82 bits per heavy atom. The van der Waals surface area contributed by atoms with Crippen LogP contribution < -0.4 is 15.5 Å². The predicted molar refractivity (Wildman–Crippen MR) is 131 cm³/mol. The van der Waals surface area contributed by atoms with Crippen molar-refractivity contribution in [3.05, 3.63) is 71.9 Å². The third-order valence-electron chi connectivity index (χ3n) is 5.04. The fraction of sp³-hybridized carbons (Fsp3) is 0.308. The van der Waals surface area contributed by atoms with E-state index in [9.17, 15) is 9.59 Å². The number of hydroxylamine groups is 1. The number of para-hydroxylation sites is 1. The van der Waals surface area contributed by atoms with Crippen LogP contribution in [0.3, 0.4) is 0 Å². The van der Waals surface area contributed by atoms with E-state index in [1.54, 1.807) is 35.8 Å². The zero-order chi connectivity index (χ0) is 24.7. The molecule has 180 valence electrons. The van der Waals surface area contributed by atoms with E-state index in [1.807, 2.05) is 40.0 Å². The monoisotopic (exact) mass is 465 g/mol. The third kappa shape index (κ3) is 7.11. The van der Waals surface area contributed by atoms with Gasteiger partial charge in [0.05, 0.1) is 6.04 Å². The summed E-state index contributed by atoms with van der Waals surface area (Å²) in [5.41, 5.74) is 3.93. The molecule has 3 aromatic rings. The quantitative estimate of drug-likeness (QED) is 0.263. The third-order valence-corrected chi connectivity index (χ3v) is 5.04. The molecule has 1 aromatic heterocycles. The molecule has 3 N–H and O–H groups in total. The highest BCUT2D eigenvalue weighted by Crippen LogP contribution is 2.22. The van der Waals surface area contributed by atoms with Gasteiger partial charge < -0.3 is 19.4 Å². The number of ether oxygens (including phenoxy) is 2. The number of fused-ring (bicyclic) bond motifs is 1. The Bertz CT molecular complexity index is 1160. The molecule has 0 aliphatic heterocycles. The van der Waals surface area contributed by atoms with Crippen LogP contribution in [0.1, 0.15) is 31.9 Å². The Labute approximate surface area is 199 Å². The first kappa shape index (κ1) is 24.9. The Balaban J connectivity index is 1.72. The van der Waals surface area contributed by atoms with Gasteiger partial charge in [0, 0.05) is 30.2 Å². The zero-order valence-electron chi connectivity index (χ0n) is 19.9. The maximum atomic E-state index is 12.5. The molecular weight excluding hydrogens is 434 g/mol. The van der Waals surface area contributed by atoms with E-state index in [0.29, 0.717) is 12.2 Å². The van der Waals surface area contributed by atoms with Crippen LogP contribution in [0.15, 0.2) is 60.8 Å². The van der Waals surface area contributed by atoms with Gasteiger partial charge in [0.25, 0.3) is 5.91 Å². The van der Waals surface area contributed by atoms with Gasteiger partial charge in [-0.1, -0.05) is 30.3 Å². The highest BCUT2D eigenvalue weighted by Gasteiger charge is 2.21. The highest BCUT2D eigenvalue weighted by atomic mass is 16.6. The number of aromatic nitrogens is 1. The van der Waals surface area contributed by atoms with Crippen LogP contribution >= 0.6 is 0 Å². The summed E-state index contributed by atoms with van der Waals surface area (Å²) < 4.78 is 13.5. The van der Waals surface area contributed by atoms with Crippen LogP contribution in [0.5, 0.6) is 5.75 Å². The molecule has 0 saturated heterocycles. The molecule has 0 aliphatic carbocycles. The molecule has 8 heteroatoms. The Morgan fingerprint density at radius 1 is 1.12 bits per heavy atom. The number of carbonyl (C=O) groups is 2. The van der Waals surface area contributed by atoms with Crippen LogP contribution in [0.2, 0.25) is 0 Å². The van der Waals surface area contributed by atoms with Gasteiger partial charge in [-0.15, -0.1) is 0 Å². The molecule has 8 nitrogen and oxygen atoms in total. The summed E-state index contributed by atoms with van der Waals surface area (Å²) in [5.74, 6) is 0.0162. The molecule has 2 aromatic carbocycles. The summed E-state index contributed by atoms with van der Waals surface area (Å²) in [6.45, 7) is 5.71. The van der Waals surface area contributed by atoms with E-state index in [1.165, 1.54) is 6.08 Å². The van der Waals surface area contributed by atoms with Crippen molar-refractivity contribution < 1.29 is 24.3 Å². The summed E-state index contributed by atoms with van der Waals surface area (Å²) in [4.78, 5) is 23.6. The van der Waals surface area contributed by atoms with Gasteiger partial charge in [-0.3, -0.25) is 10.0 Å². The summed E-state index contributed by atoms with van der Waals surface area (Å²) in [5, 5.41) is 12.6. The summed E-state index contributed by atoms with van der Waals surface area (Å²) >= 11 is 0. The number of amides is 2. The molecule has 0 radical (unpaired) electrons. The second-order valence-corrected chi connectivity index (χ2v) is 9.02. The van der Waals surface area contributed by atoms with Crippen LogP contribution in [-0.4, -0.2) is 40.0 Å². The number of alkyl carbamates (subject to hydrolysis) is 1. The molecule has 0 unspecified atom stereocenters. The lowest BCUT2D eigenvalue weighted by molar-refractivity contribution is -0.124. The smallest absolute Gasteiger partial charge is 0.408 e. The Morgan fingerprint density at radius 3 is 2.50 bits per heavy atom. The Hall–Kier alpha value is -3.78. The minimum atomic E-state index is -0.607. The lowest BCUT2D eigenvalue weighted by atomic mass is 10.1. The van der Waals surface area contributed by atoms with Crippen molar-refractivity contribution >= 4 is 29.0 Å². The van der Waals surface area contributed by atoms with Gasteiger partial charge in [-0.05, 0) is 62.6 Å². The van der Waals surface area contributed by atoms with Crippen LogP contribution in [0, 0.1) is 0 Å². The average Bonchev–Trinajstić information content (AvgIpc) is 3.10. The van der Waals surface area contributed by atoms with Crippen LogP contribution in [0.4, 0.5) is 4.79 Å². The number of benzene rings is 2. The number of hydrogen-bond donors (Lipinski definition) is 3. The summed E-state index contributed by atoms with van der Waals surface area (Å²) in [7, 11) is 2.00. The molecule has 0 fully saturated rings. The van der Waals surface area contributed by atoms with Gasteiger partial charge >= 0.3 is 6.09 Å². The first-order valence-corrected chi connectivity index (χ1v) is 11.0. The standard InChI is InChI=1S/C26H31N3O5/c1-26(2,3)34-25(31)27-20(15-19-16-29(4)23-8-6-5-7-22(19)23)17-33-21-12-9-18(10-13-21)11-14-24(30)28-32/h5-14,16,20,32H,15,17H2,1-4H3,(H,27,31)(H,28,30)/b14-11+/t20-/m0/s1. The number of hydrogen-bond acceptors (Lipinski definition) is 5. The van der Waals surface area contributed by atoms with Crippen LogP contribution in [0.25, 0.3) is 17.0 Å². The van der Waals surface area contributed by atoms with E-state index in [0.717, 1.165) is 22.0 Å².